The number of aryl methyl sites for hydroxylation is 1. The van der Waals surface area contributed by atoms with Crippen LogP contribution in [0.15, 0.2) is 24.3 Å². The average Bonchev–Trinajstić information content (AvgIpc) is 2.95. The van der Waals surface area contributed by atoms with Gasteiger partial charge in [0.2, 0.25) is 0 Å². The van der Waals surface area contributed by atoms with Crippen molar-refractivity contribution in [3.05, 3.63) is 30.1 Å². The van der Waals surface area contributed by atoms with Crippen molar-refractivity contribution in [3.8, 4) is 0 Å². The molecule has 2 atom stereocenters. The van der Waals surface area contributed by atoms with Crippen molar-refractivity contribution in [1.29, 1.82) is 0 Å². The van der Waals surface area contributed by atoms with Crippen molar-refractivity contribution in [2.24, 2.45) is 17.9 Å². The number of imidazole rings is 1. The van der Waals surface area contributed by atoms with Gasteiger partial charge in [-0.15, -0.1) is 0 Å². The molecule has 1 aliphatic carbocycles. The minimum Gasteiger partial charge on any atom is -0.469 e. The van der Waals surface area contributed by atoms with Crippen LogP contribution in [0.5, 0.6) is 0 Å². The monoisotopic (exact) mass is 300 g/mol. The molecule has 2 aromatic rings. The van der Waals surface area contributed by atoms with Crippen LogP contribution in [0.3, 0.4) is 0 Å². The lowest BCUT2D eigenvalue weighted by Gasteiger charge is -2.39. The van der Waals surface area contributed by atoms with Gasteiger partial charge in [-0.05, 0) is 37.3 Å². The summed E-state index contributed by atoms with van der Waals surface area (Å²) in [4.78, 5) is 17.2. The molecule has 4 heteroatoms. The van der Waals surface area contributed by atoms with Crippen LogP contribution in [0.2, 0.25) is 0 Å². The van der Waals surface area contributed by atoms with Gasteiger partial charge in [-0.25, -0.2) is 4.98 Å². The number of carbonyl (C=O) groups excluding carboxylic acids is 1. The largest absolute Gasteiger partial charge is 0.469 e. The number of rotatable bonds is 2. The second-order valence-corrected chi connectivity index (χ2v) is 7.15. The number of hydrogen-bond donors (Lipinski definition) is 0. The summed E-state index contributed by atoms with van der Waals surface area (Å²) < 4.78 is 7.25. The molecule has 0 radical (unpaired) electrons. The van der Waals surface area contributed by atoms with Crippen molar-refractivity contribution in [2.45, 2.75) is 39.5 Å². The number of carbonyl (C=O) groups is 1. The Labute approximate surface area is 131 Å². The maximum atomic E-state index is 12.3. The van der Waals surface area contributed by atoms with E-state index in [1.54, 1.807) is 0 Å². The molecule has 0 saturated heterocycles. The molecule has 0 bridgehead atoms. The van der Waals surface area contributed by atoms with Crippen molar-refractivity contribution < 1.29 is 9.53 Å². The van der Waals surface area contributed by atoms with Gasteiger partial charge in [0.25, 0.3) is 0 Å². The van der Waals surface area contributed by atoms with Crippen LogP contribution in [0.4, 0.5) is 0 Å². The summed E-state index contributed by atoms with van der Waals surface area (Å²) in [5.74, 6) is 1.20. The van der Waals surface area contributed by atoms with Crippen LogP contribution in [0, 0.1) is 10.8 Å². The molecule has 0 spiro atoms. The Hall–Kier alpha value is -1.84. The van der Waals surface area contributed by atoms with Crippen LogP contribution >= 0.6 is 0 Å². The van der Waals surface area contributed by atoms with Gasteiger partial charge >= 0.3 is 5.97 Å². The molecule has 0 aliphatic heterocycles. The number of aromatic nitrogens is 2. The minimum atomic E-state index is -0.468. The topological polar surface area (TPSA) is 44.1 Å². The van der Waals surface area contributed by atoms with Crippen molar-refractivity contribution in [1.82, 2.24) is 9.55 Å². The molecule has 1 aliphatic rings. The van der Waals surface area contributed by atoms with Gasteiger partial charge in [-0.1, -0.05) is 26.0 Å². The Morgan fingerprint density at radius 2 is 2.00 bits per heavy atom. The van der Waals surface area contributed by atoms with E-state index in [0.29, 0.717) is 0 Å². The fourth-order valence-electron chi connectivity index (χ4n) is 4.02. The minimum absolute atomic E-state index is 0.112. The Bertz CT molecular complexity index is 732. The summed E-state index contributed by atoms with van der Waals surface area (Å²) in [6, 6.07) is 8.18. The van der Waals surface area contributed by atoms with Crippen LogP contribution in [0.1, 0.15) is 45.4 Å². The second kappa shape index (κ2) is 4.83. The van der Waals surface area contributed by atoms with Crippen LogP contribution in [-0.4, -0.2) is 22.6 Å². The molecule has 1 aromatic heterocycles. The smallest absolute Gasteiger partial charge is 0.312 e. The fourth-order valence-corrected chi connectivity index (χ4v) is 4.02. The van der Waals surface area contributed by atoms with E-state index in [9.17, 15) is 4.79 Å². The summed E-state index contributed by atoms with van der Waals surface area (Å²) in [6.07, 6.45) is 1.79. The van der Waals surface area contributed by atoms with Crippen LogP contribution in [0.25, 0.3) is 11.0 Å². The summed E-state index contributed by atoms with van der Waals surface area (Å²) in [5.41, 5.74) is 1.49. The third-order valence-corrected chi connectivity index (χ3v) is 6.00. The average molecular weight is 300 g/mol. The Kier molecular flexibility index (Phi) is 3.31. The highest BCUT2D eigenvalue weighted by Gasteiger charge is 2.58. The van der Waals surface area contributed by atoms with Crippen molar-refractivity contribution >= 4 is 17.0 Å². The third kappa shape index (κ3) is 1.82. The van der Waals surface area contributed by atoms with Crippen molar-refractivity contribution in [2.75, 3.05) is 7.11 Å². The van der Waals surface area contributed by atoms with E-state index in [-0.39, 0.29) is 17.3 Å². The first-order valence-electron chi connectivity index (χ1n) is 7.82. The lowest BCUT2D eigenvalue weighted by Crippen LogP contribution is -2.41. The number of hydrogen-bond acceptors (Lipinski definition) is 3. The van der Waals surface area contributed by atoms with Gasteiger partial charge < -0.3 is 9.30 Å². The van der Waals surface area contributed by atoms with E-state index in [1.807, 2.05) is 25.1 Å². The Morgan fingerprint density at radius 1 is 1.32 bits per heavy atom. The number of nitrogens with zero attached hydrogens (tertiary/aromatic N) is 2. The summed E-state index contributed by atoms with van der Waals surface area (Å²) in [5, 5.41) is 0. The number of ether oxygens (including phenoxy) is 1. The Balaban J connectivity index is 2.09. The van der Waals surface area contributed by atoms with Gasteiger partial charge in [0.05, 0.1) is 23.6 Å². The lowest BCUT2D eigenvalue weighted by atomic mass is 9.65. The highest BCUT2D eigenvalue weighted by atomic mass is 16.5. The number of benzene rings is 1. The van der Waals surface area contributed by atoms with Gasteiger partial charge in [-0.3, -0.25) is 4.79 Å². The quantitative estimate of drug-likeness (QED) is 0.795. The molecule has 1 saturated carbocycles. The molecule has 0 N–H and O–H groups in total. The van der Waals surface area contributed by atoms with Gasteiger partial charge in [0.1, 0.15) is 5.82 Å². The van der Waals surface area contributed by atoms with Crippen LogP contribution in [-0.2, 0) is 16.6 Å². The standard InChI is InChI=1S/C18H24N2O2/c1-17(2)12(10-11-18(17,3)16(21)22-5)15-19-13-8-6-7-9-14(13)20(15)4/h6-9,12H,10-11H2,1-5H3/t12-,18-/m0/s1. The molecule has 0 unspecified atom stereocenters. The van der Waals surface area contributed by atoms with E-state index >= 15 is 0 Å². The molecule has 4 nitrogen and oxygen atoms in total. The van der Waals surface area contributed by atoms with Gasteiger partial charge in [0, 0.05) is 13.0 Å². The van der Waals surface area contributed by atoms with Crippen LogP contribution < -0.4 is 0 Å². The normalized spacial score (nSPS) is 27.2. The fraction of sp³-hybridized carbons (Fsp3) is 0.556. The first-order valence-corrected chi connectivity index (χ1v) is 7.82. The first kappa shape index (κ1) is 15.1. The van der Waals surface area contributed by atoms with E-state index in [0.717, 1.165) is 29.7 Å². The number of methoxy groups -OCH3 is 1. The maximum Gasteiger partial charge on any atom is 0.312 e. The predicted octanol–water partition coefficient (Wildman–Crippen LogP) is 3.66. The number of para-hydroxylation sites is 2. The zero-order valence-corrected chi connectivity index (χ0v) is 14.0. The third-order valence-electron chi connectivity index (χ3n) is 6.00. The van der Waals surface area contributed by atoms with E-state index in [2.05, 4.69) is 31.5 Å². The highest BCUT2D eigenvalue weighted by Crippen LogP contribution is 2.60. The first-order chi connectivity index (χ1) is 10.3. The molecular weight excluding hydrogens is 276 g/mol. The summed E-state index contributed by atoms with van der Waals surface area (Å²) in [7, 11) is 3.54. The molecule has 1 heterocycles. The van der Waals surface area contributed by atoms with Gasteiger partial charge in [-0.2, -0.15) is 0 Å². The SMILES string of the molecule is COC(=O)[C@]1(C)CC[C@@H](c2nc3ccccc3n2C)C1(C)C. The predicted molar refractivity (Wildman–Crippen MR) is 86.6 cm³/mol. The molecular formula is C18H24N2O2. The second-order valence-electron chi connectivity index (χ2n) is 7.15. The molecule has 3 rings (SSSR count). The van der Waals surface area contributed by atoms with E-state index in [4.69, 9.17) is 9.72 Å². The molecule has 1 aromatic carbocycles. The summed E-state index contributed by atoms with van der Waals surface area (Å²) >= 11 is 0. The molecule has 22 heavy (non-hydrogen) atoms. The molecule has 118 valence electrons. The van der Waals surface area contributed by atoms with E-state index in [1.165, 1.54) is 7.11 Å². The zero-order valence-electron chi connectivity index (χ0n) is 14.0. The summed E-state index contributed by atoms with van der Waals surface area (Å²) in [6.45, 7) is 6.36. The number of esters is 1. The maximum absolute atomic E-state index is 12.3. The highest BCUT2D eigenvalue weighted by molar-refractivity contribution is 5.79. The molecule has 1 fully saturated rings. The Morgan fingerprint density at radius 3 is 2.64 bits per heavy atom. The zero-order chi connectivity index (χ0) is 16.1. The van der Waals surface area contributed by atoms with Crippen molar-refractivity contribution in [3.63, 3.8) is 0 Å². The number of fused-ring (bicyclic) bond motifs is 1. The van der Waals surface area contributed by atoms with Gasteiger partial charge in [0.15, 0.2) is 0 Å². The molecule has 0 amide bonds. The lowest BCUT2D eigenvalue weighted by molar-refractivity contribution is -0.157. The van der Waals surface area contributed by atoms with E-state index < -0.39 is 5.41 Å².